The fourth-order valence-electron chi connectivity index (χ4n) is 2.35. The van der Waals surface area contributed by atoms with Gasteiger partial charge < -0.3 is 10.6 Å². The van der Waals surface area contributed by atoms with E-state index in [1.54, 1.807) is 36.4 Å². The summed E-state index contributed by atoms with van der Waals surface area (Å²) in [6.45, 7) is 2.40. The van der Waals surface area contributed by atoms with Crippen molar-refractivity contribution in [2.45, 2.75) is 18.5 Å². The lowest BCUT2D eigenvalue weighted by Crippen LogP contribution is -2.24. The highest BCUT2D eigenvalue weighted by Gasteiger charge is 2.08. The molecule has 148 valence electrons. The van der Waals surface area contributed by atoms with E-state index < -0.39 is 0 Å². The molecule has 2 aromatic carbocycles. The fraction of sp³-hybridized carbons (Fsp3) is 0.143. The van der Waals surface area contributed by atoms with Crippen LogP contribution < -0.4 is 10.6 Å². The van der Waals surface area contributed by atoms with E-state index in [9.17, 15) is 9.59 Å². The molecule has 0 radical (unpaired) electrons. The summed E-state index contributed by atoms with van der Waals surface area (Å²) in [6.07, 6.45) is 0. The molecule has 1 aromatic heterocycles. The van der Waals surface area contributed by atoms with Gasteiger partial charge in [-0.2, -0.15) is 0 Å². The number of aryl methyl sites for hydroxylation is 1. The molecule has 2 amide bonds. The largest absolute Gasteiger partial charge is 0.351 e. The molecule has 0 bridgehead atoms. The quantitative estimate of drug-likeness (QED) is 0.555. The van der Waals surface area contributed by atoms with Crippen molar-refractivity contribution in [1.82, 2.24) is 15.5 Å². The summed E-state index contributed by atoms with van der Waals surface area (Å²) in [7, 11) is 0. The minimum absolute atomic E-state index is 0.108. The van der Waals surface area contributed by atoms with E-state index in [1.807, 2.05) is 31.2 Å². The molecule has 3 aromatic rings. The molecule has 0 aliphatic carbocycles. The maximum Gasteiger partial charge on any atom is 0.256 e. The second-order valence-corrected chi connectivity index (χ2v) is 7.70. The molecule has 1 heterocycles. The maximum absolute atomic E-state index is 12.2. The molecule has 0 saturated heterocycles. The van der Waals surface area contributed by atoms with Crippen LogP contribution in [0.15, 0.2) is 65.7 Å². The third kappa shape index (κ3) is 6.58. The van der Waals surface area contributed by atoms with Crippen LogP contribution in [0.5, 0.6) is 0 Å². The van der Waals surface area contributed by atoms with Crippen molar-refractivity contribution in [1.29, 1.82) is 0 Å². The van der Waals surface area contributed by atoms with Crippen LogP contribution in [-0.4, -0.2) is 27.8 Å². The summed E-state index contributed by atoms with van der Waals surface area (Å²) < 4.78 is 0. The highest BCUT2D eigenvalue weighted by Crippen LogP contribution is 2.16. The molecule has 0 aliphatic heterocycles. The summed E-state index contributed by atoms with van der Waals surface area (Å²) in [6, 6.07) is 17.9. The molecule has 8 heteroatoms. The van der Waals surface area contributed by atoms with E-state index in [-0.39, 0.29) is 17.6 Å². The van der Waals surface area contributed by atoms with Gasteiger partial charge in [-0.25, -0.2) is 0 Å². The number of amides is 2. The SMILES string of the molecule is Cc1ccc(C(=O)Nc2ccc(SCC(=O)NCc3ccc(Cl)cc3)nn2)cc1. The molecule has 6 nitrogen and oxygen atoms in total. The summed E-state index contributed by atoms with van der Waals surface area (Å²) in [5, 5.41) is 14.8. The van der Waals surface area contributed by atoms with E-state index in [2.05, 4.69) is 20.8 Å². The number of nitrogens with one attached hydrogen (secondary N) is 2. The smallest absolute Gasteiger partial charge is 0.256 e. The summed E-state index contributed by atoms with van der Waals surface area (Å²) in [5.41, 5.74) is 2.61. The molecule has 0 atom stereocenters. The molecule has 2 N–H and O–H groups in total. The van der Waals surface area contributed by atoms with Crippen molar-refractivity contribution < 1.29 is 9.59 Å². The first-order chi connectivity index (χ1) is 14.0. The predicted octanol–water partition coefficient (Wildman–Crippen LogP) is 4.10. The molecule has 29 heavy (non-hydrogen) atoms. The van der Waals surface area contributed by atoms with Gasteiger partial charge in [-0.1, -0.05) is 53.2 Å². The van der Waals surface area contributed by atoms with Gasteiger partial charge in [0.05, 0.1) is 5.75 Å². The Morgan fingerprint density at radius 1 is 0.966 bits per heavy atom. The van der Waals surface area contributed by atoms with Crippen molar-refractivity contribution in [3.05, 3.63) is 82.4 Å². The van der Waals surface area contributed by atoms with Crippen LogP contribution in [0, 0.1) is 6.92 Å². The van der Waals surface area contributed by atoms with E-state index in [4.69, 9.17) is 11.6 Å². The van der Waals surface area contributed by atoms with Crippen LogP contribution in [-0.2, 0) is 11.3 Å². The second kappa shape index (κ2) is 10.0. The molecule has 0 spiro atoms. The number of anilines is 1. The highest BCUT2D eigenvalue weighted by atomic mass is 35.5. The lowest BCUT2D eigenvalue weighted by Gasteiger charge is -2.06. The Balaban J connectivity index is 1.45. The summed E-state index contributed by atoms with van der Waals surface area (Å²) in [4.78, 5) is 24.2. The van der Waals surface area contributed by atoms with E-state index in [1.165, 1.54) is 11.8 Å². The molecule has 0 aliphatic rings. The van der Waals surface area contributed by atoms with Crippen LogP contribution in [0.3, 0.4) is 0 Å². The average molecular weight is 427 g/mol. The Labute approximate surface area is 178 Å². The Kier molecular flexibility index (Phi) is 7.21. The van der Waals surface area contributed by atoms with Crippen molar-refractivity contribution >= 4 is 41.0 Å². The molecular formula is C21H19ClN4O2S. The second-order valence-electron chi connectivity index (χ2n) is 6.27. The van der Waals surface area contributed by atoms with Crippen LogP contribution in [0.4, 0.5) is 5.82 Å². The first-order valence-corrected chi connectivity index (χ1v) is 10.2. The molecule has 0 unspecified atom stereocenters. The normalized spacial score (nSPS) is 10.4. The van der Waals surface area contributed by atoms with Gasteiger partial charge in [0, 0.05) is 17.1 Å². The standard InChI is InChI=1S/C21H19ClN4O2S/c1-14-2-6-16(7-3-14)21(28)24-18-10-11-20(26-25-18)29-13-19(27)23-12-15-4-8-17(22)9-5-15/h2-11H,12-13H2,1H3,(H,23,27)(H,24,25,28). The van der Waals surface area contributed by atoms with Crippen LogP contribution in [0.25, 0.3) is 0 Å². The number of thioether (sulfide) groups is 1. The Morgan fingerprint density at radius 2 is 1.69 bits per heavy atom. The zero-order valence-corrected chi connectivity index (χ0v) is 17.3. The lowest BCUT2D eigenvalue weighted by molar-refractivity contribution is -0.118. The van der Waals surface area contributed by atoms with Gasteiger partial charge in [0.25, 0.3) is 5.91 Å². The van der Waals surface area contributed by atoms with E-state index >= 15 is 0 Å². The highest BCUT2D eigenvalue weighted by molar-refractivity contribution is 7.99. The third-order valence-electron chi connectivity index (χ3n) is 3.95. The Hall–Kier alpha value is -2.90. The number of carbonyl (C=O) groups excluding carboxylic acids is 2. The van der Waals surface area contributed by atoms with Crippen molar-refractivity contribution in [2.24, 2.45) is 0 Å². The van der Waals surface area contributed by atoms with Gasteiger partial charge in [-0.3, -0.25) is 9.59 Å². The van der Waals surface area contributed by atoms with Crippen molar-refractivity contribution in [2.75, 3.05) is 11.1 Å². The number of hydrogen-bond donors (Lipinski definition) is 2. The van der Waals surface area contributed by atoms with Crippen LogP contribution >= 0.6 is 23.4 Å². The van der Waals surface area contributed by atoms with Crippen LogP contribution in [0.2, 0.25) is 5.02 Å². The lowest BCUT2D eigenvalue weighted by atomic mass is 10.1. The van der Waals surface area contributed by atoms with E-state index in [0.29, 0.717) is 28.0 Å². The van der Waals surface area contributed by atoms with Gasteiger partial charge in [-0.05, 0) is 48.9 Å². The van der Waals surface area contributed by atoms with Gasteiger partial charge in [0.15, 0.2) is 5.82 Å². The summed E-state index contributed by atoms with van der Waals surface area (Å²) >= 11 is 7.11. The average Bonchev–Trinajstić information content (AvgIpc) is 2.73. The van der Waals surface area contributed by atoms with Gasteiger partial charge in [0.2, 0.25) is 5.91 Å². The monoisotopic (exact) mass is 426 g/mol. The van der Waals surface area contributed by atoms with Crippen molar-refractivity contribution in [3.63, 3.8) is 0 Å². The number of halogens is 1. The molecule has 0 fully saturated rings. The third-order valence-corrected chi connectivity index (χ3v) is 5.12. The Bertz CT molecular complexity index is 977. The minimum atomic E-state index is -0.249. The molecule has 0 saturated carbocycles. The van der Waals surface area contributed by atoms with Gasteiger partial charge >= 0.3 is 0 Å². The number of nitrogens with zero attached hydrogens (tertiary/aromatic N) is 2. The number of hydrogen-bond acceptors (Lipinski definition) is 5. The van der Waals surface area contributed by atoms with Crippen LogP contribution in [0.1, 0.15) is 21.5 Å². The zero-order valence-electron chi connectivity index (χ0n) is 15.7. The Morgan fingerprint density at radius 3 is 2.34 bits per heavy atom. The first kappa shape index (κ1) is 20.8. The topological polar surface area (TPSA) is 84.0 Å². The minimum Gasteiger partial charge on any atom is -0.351 e. The maximum atomic E-state index is 12.2. The predicted molar refractivity (Wildman–Crippen MR) is 115 cm³/mol. The van der Waals surface area contributed by atoms with Gasteiger partial charge in [-0.15, -0.1) is 10.2 Å². The number of carbonyl (C=O) groups is 2. The zero-order chi connectivity index (χ0) is 20.6. The number of rotatable bonds is 7. The molecule has 3 rings (SSSR count). The fourth-order valence-corrected chi connectivity index (χ4v) is 3.12. The summed E-state index contributed by atoms with van der Waals surface area (Å²) in [5.74, 6) is 0.217. The first-order valence-electron chi connectivity index (χ1n) is 8.85. The van der Waals surface area contributed by atoms with E-state index in [0.717, 1.165) is 11.1 Å². The van der Waals surface area contributed by atoms with Gasteiger partial charge in [0.1, 0.15) is 5.03 Å². The van der Waals surface area contributed by atoms with Crippen molar-refractivity contribution in [3.8, 4) is 0 Å². The number of aromatic nitrogens is 2. The molecular weight excluding hydrogens is 408 g/mol. The number of benzene rings is 2.